The van der Waals surface area contributed by atoms with Gasteiger partial charge in [-0.15, -0.1) is 0 Å². The van der Waals surface area contributed by atoms with Crippen LogP contribution in [0.1, 0.15) is 19.8 Å². The molecule has 0 aromatic heterocycles. The largest absolute Gasteiger partial charge is 0.343 e. The van der Waals surface area contributed by atoms with E-state index in [1.165, 1.54) is 13.0 Å². The molecule has 1 amide bonds. The number of carbonyl (C=O) groups is 1. The molecule has 1 aromatic rings. The molecule has 1 N–H and O–H groups in total. The minimum Gasteiger partial charge on any atom is -0.343 e. The van der Waals surface area contributed by atoms with Gasteiger partial charge in [0.25, 0.3) is 0 Å². The van der Waals surface area contributed by atoms with Crippen LogP contribution in [0.2, 0.25) is 5.02 Å². The van der Waals surface area contributed by atoms with Crippen LogP contribution in [-0.2, 0) is 14.8 Å². The van der Waals surface area contributed by atoms with E-state index in [9.17, 15) is 17.6 Å². The Morgan fingerprint density at radius 2 is 2.00 bits per heavy atom. The number of carbonyl (C=O) groups excluding carboxylic acids is 1. The number of piperidine rings is 1. The second kappa shape index (κ2) is 6.29. The van der Waals surface area contributed by atoms with E-state index in [-0.39, 0.29) is 21.9 Å². The minimum absolute atomic E-state index is 0.0124. The number of sulfonamides is 1. The van der Waals surface area contributed by atoms with E-state index in [1.807, 2.05) is 0 Å². The summed E-state index contributed by atoms with van der Waals surface area (Å²) in [5.41, 5.74) is 0. The molecule has 1 fully saturated rings. The average molecular weight is 335 g/mol. The van der Waals surface area contributed by atoms with Crippen molar-refractivity contribution in [2.45, 2.75) is 30.7 Å². The summed E-state index contributed by atoms with van der Waals surface area (Å²) in [6.07, 6.45) is 1.10. The lowest BCUT2D eigenvalue weighted by atomic mass is 10.1. The Bertz CT molecular complexity index is 643. The van der Waals surface area contributed by atoms with Crippen molar-refractivity contribution in [3.8, 4) is 0 Å². The lowest BCUT2D eigenvalue weighted by molar-refractivity contribution is -0.129. The van der Waals surface area contributed by atoms with Crippen LogP contribution in [-0.4, -0.2) is 38.4 Å². The van der Waals surface area contributed by atoms with E-state index in [0.29, 0.717) is 25.9 Å². The predicted octanol–water partition coefficient (Wildman–Crippen LogP) is 1.77. The van der Waals surface area contributed by atoms with E-state index >= 15 is 0 Å². The van der Waals surface area contributed by atoms with Gasteiger partial charge in [0.2, 0.25) is 15.9 Å². The number of likely N-dealkylation sites (tertiary alicyclic amines) is 1. The monoisotopic (exact) mass is 334 g/mol. The first-order chi connectivity index (χ1) is 9.79. The zero-order valence-corrected chi connectivity index (χ0v) is 13.0. The zero-order valence-electron chi connectivity index (χ0n) is 11.5. The van der Waals surface area contributed by atoms with Crippen molar-refractivity contribution in [3.05, 3.63) is 29.0 Å². The summed E-state index contributed by atoms with van der Waals surface area (Å²) < 4.78 is 40.1. The Labute approximate surface area is 128 Å². The first-order valence-corrected chi connectivity index (χ1v) is 8.38. The normalized spacial score (nSPS) is 17.0. The molecule has 2 rings (SSSR count). The molecule has 1 aliphatic rings. The fourth-order valence-electron chi connectivity index (χ4n) is 2.24. The van der Waals surface area contributed by atoms with Crippen LogP contribution in [0, 0.1) is 5.82 Å². The van der Waals surface area contributed by atoms with Gasteiger partial charge in [0.1, 0.15) is 5.82 Å². The quantitative estimate of drug-likeness (QED) is 0.916. The van der Waals surface area contributed by atoms with Crippen molar-refractivity contribution in [2.24, 2.45) is 0 Å². The van der Waals surface area contributed by atoms with Crippen LogP contribution in [0.5, 0.6) is 0 Å². The molecule has 1 aliphatic heterocycles. The Hall–Kier alpha value is -1.18. The second-order valence-corrected chi connectivity index (χ2v) is 7.10. The lowest BCUT2D eigenvalue weighted by Crippen LogP contribution is -2.45. The van der Waals surface area contributed by atoms with Crippen molar-refractivity contribution in [1.29, 1.82) is 0 Å². The summed E-state index contributed by atoms with van der Waals surface area (Å²) in [6, 6.07) is 3.04. The standard InChI is InChI=1S/C13H16ClFN2O3S/c1-9(18)17-6-4-10(5-7-17)16-21(19,20)11-2-3-13(15)12(14)8-11/h2-3,8,10,16H,4-7H2,1H3. The van der Waals surface area contributed by atoms with Crippen LogP contribution in [0.15, 0.2) is 23.1 Å². The summed E-state index contributed by atoms with van der Waals surface area (Å²) in [5, 5.41) is -0.232. The molecule has 0 unspecified atom stereocenters. The van der Waals surface area contributed by atoms with Gasteiger partial charge in [-0.3, -0.25) is 4.79 Å². The van der Waals surface area contributed by atoms with Crippen LogP contribution >= 0.6 is 11.6 Å². The highest BCUT2D eigenvalue weighted by molar-refractivity contribution is 7.89. The van der Waals surface area contributed by atoms with Crippen molar-refractivity contribution < 1.29 is 17.6 Å². The number of nitrogens with zero attached hydrogens (tertiary/aromatic N) is 1. The molecular formula is C13H16ClFN2O3S. The fourth-order valence-corrected chi connectivity index (χ4v) is 3.82. The second-order valence-electron chi connectivity index (χ2n) is 4.98. The summed E-state index contributed by atoms with van der Waals surface area (Å²) in [6.45, 7) is 2.53. The van der Waals surface area contributed by atoms with Gasteiger partial charge in [-0.1, -0.05) is 11.6 Å². The Kier molecular flexibility index (Phi) is 4.85. The van der Waals surface area contributed by atoms with E-state index in [4.69, 9.17) is 11.6 Å². The smallest absolute Gasteiger partial charge is 0.240 e. The Morgan fingerprint density at radius 3 is 2.52 bits per heavy atom. The highest BCUT2D eigenvalue weighted by Gasteiger charge is 2.25. The topological polar surface area (TPSA) is 66.5 Å². The van der Waals surface area contributed by atoms with Crippen molar-refractivity contribution in [1.82, 2.24) is 9.62 Å². The summed E-state index contributed by atoms with van der Waals surface area (Å²) in [5.74, 6) is -0.674. The SMILES string of the molecule is CC(=O)N1CCC(NS(=O)(=O)c2ccc(F)c(Cl)c2)CC1. The number of benzene rings is 1. The number of rotatable bonds is 3. The predicted molar refractivity (Wildman–Crippen MR) is 77.0 cm³/mol. The zero-order chi connectivity index (χ0) is 15.6. The van der Waals surface area contributed by atoms with Crippen molar-refractivity contribution in [3.63, 3.8) is 0 Å². The molecule has 1 aromatic carbocycles. The number of amides is 1. The molecule has 8 heteroatoms. The minimum atomic E-state index is -3.74. The molecule has 1 heterocycles. The number of hydrogen-bond acceptors (Lipinski definition) is 3. The van der Waals surface area contributed by atoms with E-state index < -0.39 is 15.8 Å². The molecule has 21 heavy (non-hydrogen) atoms. The molecule has 116 valence electrons. The molecule has 0 spiro atoms. The van der Waals surface area contributed by atoms with Gasteiger partial charge in [-0.25, -0.2) is 17.5 Å². The summed E-state index contributed by atoms with van der Waals surface area (Å²) in [4.78, 5) is 12.8. The van der Waals surface area contributed by atoms with Gasteiger partial charge in [-0.05, 0) is 31.0 Å². The van der Waals surface area contributed by atoms with Crippen LogP contribution in [0.4, 0.5) is 4.39 Å². The Balaban J connectivity index is 2.05. The van der Waals surface area contributed by atoms with Crippen molar-refractivity contribution >= 4 is 27.5 Å². The lowest BCUT2D eigenvalue weighted by Gasteiger charge is -2.31. The molecular weight excluding hydrogens is 319 g/mol. The number of nitrogens with one attached hydrogen (secondary N) is 1. The third kappa shape index (κ3) is 3.93. The summed E-state index contributed by atoms with van der Waals surface area (Å²) >= 11 is 5.61. The van der Waals surface area contributed by atoms with Gasteiger partial charge in [0.15, 0.2) is 0 Å². The van der Waals surface area contributed by atoms with Gasteiger partial charge in [0.05, 0.1) is 9.92 Å². The van der Waals surface area contributed by atoms with Crippen LogP contribution < -0.4 is 4.72 Å². The maximum Gasteiger partial charge on any atom is 0.240 e. The molecule has 0 aliphatic carbocycles. The molecule has 0 atom stereocenters. The molecule has 5 nitrogen and oxygen atoms in total. The fraction of sp³-hybridized carbons (Fsp3) is 0.462. The number of halogens is 2. The van der Waals surface area contributed by atoms with Crippen LogP contribution in [0.3, 0.4) is 0 Å². The Morgan fingerprint density at radius 1 is 1.38 bits per heavy atom. The maximum atomic E-state index is 13.1. The summed E-state index contributed by atoms with van der Waals surface area (Å²) in [7, 11) is -3.74. The maximum absolute atomic E-state index is 13.1. The van der Waals surface area contributed by atoms with Gasteiger partial charge in [0, 0.05) is 26.1 Å². The van der Waals surface area contributed by atoms with E-state index in [0.717, 1.165) is 12.1 Å². The third-order valence-corrected chi connectivity index (χ3v) is 5.27. The molecule has 0 radical (unpaired) electrons. The van der Waals surface area contributed by atoms with Gasteiger partial charge >= 0.3 is 0 Å². The highest BCUT2D eigenvalue weighted by atomic mass is 35.5. The molecule has 0 saturated carbocycles. The first kappa shape index (κ1) is 16.2. The van der Waals surface area contributed by atoms with Gasteiger partial charge < -0.3 is 4.90 Å². The van der Waals surface area contributed by atoms with Gasteiger partial charge in [-0.2, -0.15) is 0 Å². The van der Waals surface area contributed by atoms with E-state index in [2.05, 4.69) is 4.72 Å². The first-order valence-electron chi connectivity index (χ1n) is 6.52. The van der Waals surface area contributed by atoms with Crippen molar-refractivity contribution in [2.75, 3.05) is 13.1 Å². The molecule has 0 bridgehead atoms. The van der Waals surface area contributed by atoms with Crippen LogP contribution in [0.25, 0.3) is 0 Å². The highest BCUT2D eigenvalue weighted by Crippen LogP contribution is 2.20. The molecule has 1 saturated heterocycles. The third-order valence-electron chi connectivity index (χ3n) is 3.46. The van der Waals surface area contributed by atoms with E-state index in [1.54, 1.807) is 4.90 Å². The number of hydrogen-bond donors (Lipinski definition) is 1. The average Bonchev–Trinajstić information content (AvgIpc) is 2.42.